The van der Waals surface area contributed by atoms with Crippen molar-refractivity contribution >= 4 is 11.8 Å². The van der Waals surface area contributed by atoms with Crippen molar-refractivity contribution in [2.75, 3.05) is 13.2 Å². The number of aromatic nitrogens is 3. The molecule has 1 saturated heterocycles. The molecule has 3 N–H and O–H groups in total. The van der Waals surface area contributed by atoms with E-state index in [0.29, 0.717) is 5.82 Å². The molecule has 0 saturated carbocycles. The quantitative estimate of drug-likeness (QED) is 0.397. The van der Waals surface area contributed by atoms with E-state index in [1.807, 2.05) is 66.9 Å². The van der Waals surface area contributed by atoms with Crippen LogP contribution in [0.5, 0.6) is 0 Å². The number of ether oxygens (including phenoxy) is 2. The third kappa shape index (κ3) is 4.61. The Hall–Kier alpha value is -4.34. The van der Waals surface area contributed by atoms with E-state index < -0.39 is 23.6 Å². The van der Waals surface area contributed by atoms with Crippen LogP contribution in [-0.4, -0.2) is 51.6 Å². The molecule has 0 aliphatic carbocycles. The van der Waals surface area contributed by atoms with E-state index in [1.165, 1.54) is 0 Å². The second-order valence-electron chi connectivity index (χ2n) is 8.36. The van der Waals surface area contributed by atoms with E-state index in [1.54, 1.807) is 29.2 Å². The largest absolute Gasteiger partial charge is 0.365 e. The number of amides is 2. The topological polar surface area (TPSA) is 121 Å². The van der Waals surface area contributed by atoms with Crippen LogP contribution in [0.25, 0.3) is 16.9 Å². The fourth-order valence-corrected chi connectivity index (χ4v) is 4.28. The SMILES string of the molecule is NC(=O)C1(C(Cc2ccccc2)NC(=O)c2cccnc2-n2cc(-c3ccccc3)cn2)OCCO1. The zero-order valence-corrected chi connectivity index (χ0v) is 19.4. The van der Waals surface area contributed by atoms with E-state index in [0.717, 1.165) is 16.7 Å². The maximum atomic E-state index is 13.6. The van der Waals surface area contributed by atoms with Crippen molar-refractivity contribution in [2.45, 2.75) is 18.2 Å². The number of nitrogens with two attached hydrogens (primary N) is 1. The number of carbonyl (C=O) groups is 2. The van der Waals surface area contributed by atoms with Crippen molar-refractivity contribution in [3.8, 4) is 16.9 Å². The smallest absolute Gasteiger partial charge is 0.280 e. The molecule has 2 aromatic carbocycles. The molecule has 0 bridgehead atoms. The lowest BCUT2D eigenvalue weighted by atomic mass is 9.97. The van der Waals surface area contributed by atoms with Gasteiger partial charge in [-0.15, -0.1) is 0 Å². The molecule has 1 atom stereocenters. The first kappa shape index (κ1) is 23.4. The highest BCUT2D eigenvalue weighted by atomic mass is 16.7. The second-order valence-corrected chi connectivity index (χ2v) is 8.36. The second kappa shape index (κ2) is 10.1. The van der Waals surface area contributed by atoms with Crippen LogP contribution in [0, 0.1) is 0 Å². The zero-order valence-electron chi connectivity index (χ0n) is 19.4. The Morgan fingerprint density at radius 2 is 1.67 bits per heavy atom. The molecule has 9 heteroatoms. The summed E-state index contributed by atoms with van der Waals surface area (Å²) >= 11 is 0. The molecule has 0 spiro atoms. The third-order valence-corrected chi connectivity index (χ3v) is 6.04. The van der Waals surface area contributed by atoms with Crippen molar-refractivity contribution in [1.82, 2.24) is 20.1 Å². The number of benzene rings is 2. The van der Waals surface area contributed by atoms with Crippen molar-refractivity contribution in [3.63, 3.8) is 0 Å². The zero-order chi connectivity index (χ0) is 25.0. The van der Waals surface area contributed by atoms with E-state index in [4.69, 9.17) is 15.2 Å². The molecule has 0 radical (unpaired) electrons. The summed E-state index contributed by atoms with van der Waals surface area (Å²) in [7, 11) is 0. The highest BCUT2D eigenvalue weighted by Crippen LogP contribution is 2.27. The molecule has 2 amide bonds. The Labute approximate surface area is 207 Å². The summed E-state index contributed by atoms with van der Waals surface area (Å²) in [6.07, 6.45) is 5.38. The lowest BCUT2D eigenvalue weighted by molar-refractivity contribution is -0.189. The molecule has 1 fully saturated rings. The van der Waals surface area contributed by atoms with E-state index in [-0.39, 0.29) is 25.2 Å². The average Bonchev–Trinajstić information content (AvgIpc) is 3.61. The van der Waals surface area contributed by atoms with Gasteiger partial charge in [-0.1, -0.05) is 60.7 Å². The average molecular weight is 484 g/mol. The lowest BCUT2D eigenvalue weighted by Crippen LogP contribution is -2.61. The van der Waals surface area contributed by atoms with Crippen molar-refractivity contribution in [3.05, 3.63) is 103 Å². The molecule has 1 aliphatic heterocycles. The van der Waals surface area contributed by atoms with E-state index in [2.05, 4.69) is 15.4 Å². The molecule has 4 aromatic rings. The first-order valence-electron chi connectivity index (χ1n) is 11.5. The summed E-state index contributed by atoms with van der Waals surface area (Å²) in [5.74, 6) is -2.69. The molecule has 1 aliphatic rings. The number of pyridine rings is 1. The minimum atomic E-state index is -1.78. The summed E-state index contributed by atoms with van der Waals surface area (Å²) < 4.78 is 12.9. The van der Waals surface area contributed by atoms with E-state index in [9.17, 15) is 9.59 Å². The number of nitrogens with one attached hydrogen (secondary N) is 1. The highest BCUT2D eigenvalue weighted by Gasteiger charge is 2.51. The fourth-order valence-electron chi connectivity index (χ4n) is 4.28. The van der Waals surface area contributed by atoms with Gasteiger partial charge >= 0.3 is 0 Å². The maximum Gasteiger partial charge on any atom is 0.280 e. The Kier molecular flexibility index (Phi) is 6.57. The molecule has 36 heavy (non-hydrogen) atoms. The molecule has 5 rings (SSSR count). The van der Waals surface area contributed by atoms with Gasteiger partial charge in [-0.05, 0) is 29.7 Å². The van der Waals surface area contributed by atoms with Gasteiger partial charge in [0.05, 0.1) is 31.0 Å². The molecule has 1 unspecified atom stereocenters. The van der Waals surface area contributed by atoms with Crippen LogP contribution < -0.4 is 11.1 Å². The van der Waals surface area contributed by atoms with Crippen LogP contribution in [0.3, 0.4) is 0 Å². The van der Waals surface area contributed by atoms with Crippen molar-refractivity contribution in [1.29, 1.82) is 0 Å². The minimum absolute atomic E-state index is 0.192. The molecular formula is C27H25N5O4. The van der Waals surface area contributed by atoms with Gasteiger partial charge in [0.2, 0.25) is 0 Å². The highest BCUT2D eigenvalue weighted by molar-refractivity contribution is 5.98. The van der Waals surface area contributed by atoms with Crippen LogP contribution in [0.2, 0.25) is 0 Å². The van der Waals surface area contributed by atoms with Gasteiger partial charge in [0.25, 0.3) is 17.6 Å². The van der Waals surface area contributed by atoms with Crippen LogP contribution in [0.4, 0.5) is 0 Å². The number of hydrogen-bond acceptors (Lipinski definition) is 6. The van der Waals surface area contributed by atoms with Crippen LogP contribution >= 0.6 is 0 Å². The Balaban J connectivity index is 1.46. The summed E-state index contributed by atoms with van der Waals surface area (Å²) in [5.41, 5.74) is 8.75. The number of nitrogens with zero attached hydrogens (tertiary/aromatic N) is 3. The van der Waals surface area contributed by atoms with Crippen LogP contribution in [0.15, 0.2) is 91.4 Å². The fraction of sp³-hybridized carbons (Fsp3) is 0.185. The minimum Gasteiger partial charge on any atom is -0.365 e. The van der Waals surface area contributed by atoms with E-state index >= 15 is 0 Å². The number of carbonyl (C=O) groups excluding carboxylic acids is 2. The van der Waals surface area contributed by atoms with Gasteiger partial charge in [-0.25, -0.2) is 9.67 Å². The predicted octanol–water partition coefficient (Wildman–Crippen LogP) is 2.50. The van der Waals surface area contributed by atoms with Gasteiger partial charge in [0.15, 0.2) is 5.82 Å². The molecule has 3 heterocycles. The first-order valence-corrected chi connectivity index (χ1v) is 11.5. The molecule has 2 aromatic heterocycles. The number of hydrogen-bond donors (Lipinski definition) is 2. The Bertz CT molecular complexity index is 1350. The molecule has 9 nitrogen and oxygen atoms in total. The third-order valence-electron chi connectivity index (χ3n) is 6.04. The maximum absolute atomic E-state index is 13.6. The monoisotopic (exact) mass is 483 g/mol. The predicted molar refractivity (Wildman–Crippen MR) is 132 cm³/mol. The van der Waals surface area contributed by atoms with Gasteiger partial charge in [-0.2, -0.15) is 5.10 Å². The van der Waals surface area contributed by atoms with Crippen molar-refractivity contribution < 1.29 is 19.1 Å². The van der Waals surface area contributed by atoms with Gasteiger partial charge in [0.1, 0.15) is 0 Å². The Morgan fingerprint density at radius 3 is 2.36 bits per heavy atom. The lowest BCUT2D eigenvalue weighted by Gasteiger charge is -2.33. The van der Waals surface area contributed by atoms with Crippen LogP contribution in [0.1, 0.15) is 15.9 Å². The number of primary amides is 1. The molecule has 182 valence electrons. The normalized spacial score (nSPS) is 15.3. The summed E-state index contributed by atoms with van der Waals surface area (Å²) in [4.78, 5) is 30.5. The summed E-state index contributed by atoms with van der Waals surface area (Å²) in [6, 6.07) is 21.7. The van der Waals surface area contributed by atoms with Crippen LogP contribution in [-0.2, 0) is 20.7 Å². The van der Waals surface area contributed by atoms with Gasteiger partial charge in [0, 0.05) is 18.0 Å². The first-order chi connectivity index (χ1) is 17.6. The summed E-state index contributed by atoms with van der Waals surface area (Å²) in [6.45, 7) is 0.385. The summed E-state index contributed by atoms with van der Waals surface area (Å²) in [5, 5.41) is 7.35. The van der Waals surface area contributed by atoms with Crippen molar-refractivity contribution in [2.24, 2.45) is 5.73 Å². The van der Waals surface area contributed by atoms with Gasteiger partial charge in [-0.3, -0.25) is 9.59 Å². The number of rotatable bonds is 8. The van der Waals surface area contributed by atoms with Gasteiger partial charge < -0.3 is 20.5 Å². The molecular weight excluding hydrogens is 458 g/mol. The standard InChI is InChI=1S/C27H25N5O4/c28-26(34)27(35-14-15-36-27)23(16-19-8-3-1-4-9-19)31-25(33)22-12-7-13-29-24(22)32-18-21(17-30-32)20-10-5-2-6-11-20/h1-13,17-18,23H,14-16H2,(H2,28,34)(H,31,33). The Morgan fingerprint density at radius 1 is 0.972 bits per heavy atom.